The standard InChI is InChI=1S/C31H25F2N3O3/c1-18-5-4-6-19(13-18)16-34-17-36(35-12-11-26(37)29(38)28(35)30(34)39)31-21(14-20-7-2-3-8-23(20)31)15-22-24(31)9-10-25(32)27(22)33/h2-13,21,38H,14-17H2,1H3. The number of carbonyl (C=O) groups excluding carboxylic acids is 1. The van der Waals surface area contributed by atoms with Gasteiger partial charge in [-0.2, -0.15) is 0 Å². The molecule has 8 heteroatoms. The topological polar surface area (TPSA) is 65.8 Å². The molecule has 6 nitrogen and oxygen atoms in total. The van der Waals surface area contributed by atoms with Crippen molar-refractivity contribution >= 4 is 5.91 Å². The molecule has 0 saturated carbocycles. The normalized spacial score (nSPS) is 21.0. The molecular weight excluding hydrogens is 500 g/mol. The molecule has 7 rings (SSSR count). The van der Waals surface area contributed by atoms with E-state index in [0.29, 0.717) is 24.0 Å². The third-order valence-corrected chi connectivity index (χ3v) is 8.51. The number of pyridine rings is 1. The number of amides is 1. The molecule has 39 heavy (non-hydrogen) atoms. The van der Waals surface area contributed by atoms with Gasteiger partial charge in [0.2, 0.25) is 5.43 Å². The molecule has 1 amide bonds. The van der Waals surface area contributed by atoms with Gasteiger partial charge in [0.15, 0.2) is 23.1 Å². The van der Waals surface area contributed by atoms with E-state index >= 15 is 4.39 Å². The van der Waals surface area contributed by atoms with E-state index < -0.39 is 34.3 Å². The lowest BCUT2D eigenvalue weighted by molar-refractivity contribution is 0.0631. The van der Waals surface area contributed by atoms with Crippen molar-refractivity contribution in [1.82, 2.24) is 9.58 Å². The molecule has 3 aliphatic rings. The van der Waals surface area contributed by atoms with Gasteiger partial charge in [-0.15, -0.1) is 0 Å². The second-order valence-electron chi connectivity index (χ2n) is 10.7. The maximum Gasteiger partial charge on any atom is 0.278 e. The number of rotatable bonds is 3. The van der Waals surface area contributed by atoms with Crippen LogP contribution in [-0.4, -0.2) is 27.3 Å². The molecule has 2 atom stereocenters. The number of hydrogen-bond acceptors (Lipinski definition) is 4. The second kappa shape index (κ2) is 8.27. The number of halogens is 2. The molecule has 1 aromatic heterocycles. The molecule has 0 radical (unpaired) electrons. The Balaban J connectivity index is 1.49. The molecule has 4 aromatic rings. The van der Waals surface area contributed by atoms with Crippen molar-refractivity contribution in [1.29, 1.82) is 0 Å². The third kappa shape index (κ3) is 3.17. The maximum atomic E-state index is 15.3. The molecule has 0 fully saturated rings. The van der Waals surface area contributed by atoms with Gasteiger partial charge in [-0.25, -0.2) is 8.78 Å². The third-order valence-electron chi connectivity index (χ3n) is 8.51. The molecule has 0 spiro atoms. The summed E-state index contributed by atoms with van der Waals surface area (Å²) in [5, 5.41) is 12.8. The number of carbonyl (C=O) groups is 1. The number of aromatic hydroxyl groups is 1. The summed E-state index contributed by atoms with van der Waals surface area (Å²) >= 11 is 0. The molecule has 2 unspecified atom stereocenters. The number of benzene rings is 3. The zero-order chi connectivity index (χ0) is 27.1. The molecule has 2 aliphatic carbocycles. The van der Waals surface area contributed by atoms with Crippen LogP contribution in [0, 0.1) is 24.5 Å². The summed E-state index contributed by atoms with van der Waals surface area (Å²) in [5.74, 6) is -3.03. The predicted octanol–water partition coefficient (Wildman–Crippen LogP) is 4.36. The Bertz CT molecular complexity index is 1750. The molecule has 196 valence electrons. The van der Waals surface area contributed by atoms with Gasteiger partial charge in [0.1, 0.15) is 12.2 Å². The van der Waals surface area contributed by atoms with Crippen molar-refractivity contribution in [2.45, 2.75) is 31.8 Å². The van der Waals surface area contributed by atoms with E-state index in [9.17, 15) is 19.1 Å². The lowest BCUT2D eigenvalue weighted by Gasteiger charge is -2.50. The van der Waals surface area contributed by atoms with E-state index in [1.54, 1.807) is 11.0 Å². The van der Waals surface area contributed by atoms with Crippen LogP contribution in [0.5, 0.6) is 5.75 Å². The van der Waals surface area contributed by atoms with Crippen molar-refractivity contribution < 1.29 is 18.7 Å². The van der Waals surface area contributed by atoms with Crippen molar-refractivity contribution in [3.8, 4) is 5.75 Å². The molecule has 1 N–H and O–H groups in total. The minimum Gasteiger partial charge on any atom is -0.502 e. The van der Waals surface area contributed by atoms with Gasteiger partial charge >= 0.3 is 0 Å². The van der Waals surface area contributed by atoms with E-state index in [1.807, 2.05) is 60.5 Å². The average molecular weight is 526 g/mol. The van der Waals surface area contributed by atoms with E-state index in [-0.39, 0.29) is 24.8 Å². The molecule has 0 bridgehead atoms. The highest BCUT2D eigenvalue weighted by molar-refractivity contribution is 5.96. The van der Waals surface area contributed by atoms with Crippen LogP contribution >= 0.6 is 0 Å². The Kier molecular flexibility index (Phi) is 5.01. The van der Waals surface area contributed by atoms with Gasteiger partial charge in [0, 0.05) is 24.7 Å². The maximum absolute atomic E-state index is 15.3. The fourth-order valence-electron chi connectivity index (χ4n) is 6.97. The van der Waals surface area contributed by atoms with Gasteiger partial charge in [-0.05, 0) is 53.6 Å². The van der Waals surface area contributed by atoms with Crippen LogP contribution < -0.4 is 10.4 Å². The van der Waals surface area contributed by atoms with Crippen LogP contribution in [0.1, 0.15) is 43.9 Å². The predicted molar refractivity (Wildman–Crippen MR) is 141 cm³/mol. The Morgan fingerprint density at radius 3 is 2.62 bits per heavy atom. The second-order valence-corrected chi connectivity index (χ2v) is 10.7. The minimum absolute atomic E-state index is 0.103. The lowest BCUT2D eigenvalue weighted by Crippen LogP contribution is -2.63. The molecule has 0 saturated heterocycles. The first kappa shape index (κ1) is 23.6. The highest BCUT2D eigenvalue weighted by Gasteiger charge is 2.59. The summed E-state index contributed by atoms with van der Waals surface area (Å²) in [6.07, 6.45) is 2.44. The van der Waals surface area contributed by atoms with Crippen molar-refractivity contribution in [2.24, 2.45) is 5.92 Å². The lowest BCUT2D eigenvalue weighted by atomic mass is 9.81. The number of fused-ring (bicyclic) bond motifs is 6. The van der Waals surface area contributed by atoms with Crippen LogP contribution in [-0.2, 0) is 24.9 Å². The molecule has 2 heterocycles. The molecule has 1 aliphatic heterocycles. The quantitative estimate of drug-likeness (QED) is 0.432. The summed E-state index contributed by atoms with van der Waals surface area (Å²) in [4.78, 5) is 27.9. The first-order chi connectivity index (χ1) is 18.8. The summed E-state index contributed by atoms with van der Waals surface area (Å²) in [7, 11) is 0. The highest BCUT2D eigenvalue weighted by atomic mass is 19.2. The van der Waals surface area contributed by atoms with Gasteiger partial charge in [0.25, 0.3) is 5.91 Å². The van der Waals surface area contributed by atoms with Crippen LogP contribution in [0.25, 0.3) is 0 Å². The Morgan fingerprint density at radius 1 is 0.974 bits per heavy atom. The van der Waals surface area contributed by atoms with Crippen molar-refractivity contribution in [3.05, 3.63) is 134 Å². The largest absolute Gasteiger partial charge is 0.502 e. The average Bonchev–Trinajstić information content (AvgIpc) is 3.42. The summed E-state index contributed by atoms with van der Waals surface area (Å²) in [6, 6.07) is 19.7. The first-order valence-corrected chi connectivity index (χ1v) is 12.9. The molecular formula is C31H25F2N3O3. The van der Waals surface area contributed by atoms with Crippen LogP contribution in [0.15, 0.2) is 77.7 Å². The van der Waals surface area contributed by atoms with E-state index in [4.69, 9.17) is 0 Å². The van der Waals surface area contributed by atoms with Crippen molar-refractivity contribution in [2.75, 3.05) is 11.7 Å². The van der Waals surface area contributed by atoms with E-state index in [0.717, 1.165) is 28.3 Å². The summed E-state index contributed by atoms with van der Waals surface area (Å²) < 4.78 is 31.2. The SMILES string of the molecule is Cc1cccc(CN2CN(C34c5ccccc5CC3Cc3c4ccc(F)c3F)n3ccc(=O)c(O)c3C2=O)c1. The fraction of sp³-hybridized carbons (Fsp3) is 0.226. The Hall–Kier alpha value is -4.46. The number of nitrogens with zero attached hydrogens (tertiary/aromatic N) is 3. The Labute approximate surface area is 223 Å². The number of aromatic nitrogens is 1. The van der Waals surface area contributed by atoms with Gasteiger partial charge in [-0.3, -0.25) is 19.3 Å². The smallest absolute Gasteiger partial charge is 0.278 e. The highest BCUT2D eigenvalue weighted by Crippen LogP contribution is 2.57. The van der Waals surface area contributed by atoms with Crippen LogP contribution in [0.2, 0.25) is 0 Å². The van der Waals surface area contributed by atoms with Crippen LogP contribution in [0.4, 0.5) is 8.78 Å². The van der Waals surface area contributed by atoms with Gasteiger partial charge in [-0.1, -0.05) is 60.2 Å². The summed E-state index contributed by atoms with van der Waals surface area (Å²) in [5.41, 5.74) is 3.16. The number of hydrogen-bond donors (Lipinski definition) is 1. The zero-order valence-electron chi connectivity index (χ0n) is 21.2. The fourth-order valence-corrected chi connectivity index (χ4v) is 6.97. The number of aryl methyl sites for hydroxylation is 1. The minimum atomic E-state index is -0.956. The monoisotopic (exact) mass is 525 g/mol. The molecule has 3 aromatic carbocycles. The van der Waals surface area contributed by atoms with E-state index in [2.05, 4.69) is 0 Å². The summed E-state index contributed by atoms with van der Waals surface area (Å²) in [6.45, 7) is 2.31. The van der Waals surface area contributed by atoms with E-state index in [1.165, 1.54) is 16.9 Å². The first-order valence-electron chi connectivity index (χ1n) is 12.9. The van der Waals surface area contributed by atoms with Gasteiger partial charge in [0.05, 0.1) is 0 Å². The van der Waals surface area contributed by atoms with Crippen LogP contribution in [0.3, 0.4) is 0 Å². The van der Waals surface area contributed by atoms with Gasteiger partial charge < -0.3 is 10.0 Å². The Morgan fingerprint density at radius 2 is 1.79 bits per heavy atom. The zero-order valence-corrected chi connectivity index (χ0v) is 21.2. The van der Waals surface area contributed by atoms with Crippen molar-refractivity contribution in [3.63, 3.8) is 0 Å².